The van der Waals surface area contributed by atoms with Crippen molar-refractivity contribution in [2.75, 3.05) is 24.2 Å². The molecule has 4 aliphatic rings. The van der Waals surface area contributed by atoms with Gasteiger partial charge < -0.3 is 10.1 Å². The van der Waals surface area contributed by atoms with Gasteiger partial charge in [0, 0.05) is 18.5 Å². The van der Waals surface area contributed by atoms with Crippen LogP contribution < -0.4 is 14.4 Å². The molecule has 4 bridgehead atoms. The lowest BCUT2D eigenvalue weighted by molar-refractivity contribution is -0.126. The van der Waals surface area contributed by atoms with Crippen molar-refractivity contribution >= 4 is 21.6 Å². The summed E-state index contributed by atoms with van der Waals surface area (Å²) in [5, 5.41) is 3.37. The fourth-order valence-corrected chi connectivity index (χ4v) is 7.27. The zero-order chi connectivity index (χ0) is 20.6. The Kier molecular flexibility index (Phi) is 5.53. The van der Waals surface area contributed by atoms with E-state index in [2.05, 4.69) is 5.32 Å². The molecule has 0 heterocycles. The minimum atomic E-state index is -3.47. The molecule has 4 aliphatic carbocycles. The van der Waals surface area contributed by atoms with Gasteiger partial charge in [-0.1, -0.05) is 12.1 Å². The summed E-state index contributed by atoms with van der Waals surface area (Å²) in [6.45, 7) is 0.257. The molecular formula is C22H32N2O4S. The summed E-state index contributed by atoms with van der Waals surface area (Å²) in [4.78, 5) is 12.7. The molecule has 160 valence electrons. The van der Waals surface area contributed by atoms with Crippen LogP contribution in [0.5, 0.6) is 5.75 Å². The maximum Gasteiger partial charge on any atom is 0.232 e. The fourth-order valence-electron chi connectivity index (χ4n) is 6.31. The molecule has 6 nitrogen and oxygen atoms in total. The molecule has 7 heteroatoms. The molecule has 29 heavy (non-hydrogen) atoms. The van der Waals surface area contributed by atoms with Crippen LogP contribution in [0.1, 0.15) is 51.4 Å². The van der Waals surface area contributed by atoms with Crippen molar-refractivity contribution in [1.82, 2.24) is 5.32 Å². The molecular weight excluding hydrogens is 388 g/mol. The molecule has 0 spiro atoms. The average molecular weight is 421 g/mol. The van der Waals surface area contributed by atoms with Gasteiger partial charge in [-0.15, -0.1) is 0 Å². The van der Waals surface area contributed by atoms with Gasteiger partial charge in [0.25, 0.3) is 0 Å². The summed E-state index contributed by atoms with van der Waals surface area (Å²) < 4.78 is 31.3. The highest BCUT2D eigenvalue weighted by Crippen LogP contribution is 2.55. The van der Waals surface area contributed by atoms with Crippen molar-refractivity contribution in [2.45, 2.75) is 56.9 Å². The maximum absolute atomic E-state index is 12.7. The average Bonchev–Trinajstić information content (AvgIpc) is 2.62. The highest BCUT2D eigenvalue weighted by molar-refractivity contribution is 7.92. The fraction of sp³-hybridized carbons (Fsp3) is 0.682. The predicted octanol–water partition coefficient (Wildman–Crippen LogP) is 3.33. The molecule has 5 rings (SSSR count). The molecule has 0 aromatic heterocycles. The van der Waals surface area contributed by atoms with E-state index in [0.29, 0.717) is 24.3 Å². The number of nitrogens with one attached hydrogen (secondary N) is 1. The molecule has 0 atom stereocenters. The summed E-state index contributed by atoms with van der Waals surface area (Å²) in [5.41, 5.74) is 0.518. The third kappa shape index (κ3) is 4.39. The Morgan fingerprint density at radius 3 is 2.28 bits per heavy atom. The Bertz CT molecular complexity index is 832. The van der Waals surface area contributed by atoms with E-state index in [1.54, 1.807) is 18.2 Å². The number of benzene rings is 1. The van der Waals surface area contributed by atoms with E-state index < -0.39 is 10.0 Å². The van der Waals surface area contributed by atoms with Crippen LogP contribution in [0.25, 0.3) is 0 Å². The molecule has 0 saturated heterocycles. The Balaban J connectivity index is 1.36. The zero-order valence-electron chi connectivity index (χ0n) is 17.4. The van der Waals surface area contributed by atoms with Crippen LogP contribution in [0.3, 0.4) is 0 Å². The molecule has 0 unspecified atom stereocenters. The first kappa shape index (κ1) is 20.5. The Morgan fingerprint density at radius 1 is 1.14 bits per heavy atom. The second-order valence-electron chi connectivity index (χ2n) is 9.36. The van der Waals surface area contributed by atoms with Crippen molar-refractivity contribution in [2.24, 2.45) is 17.8 Å². The lowest BCUT2D eigenvalue weighted by Crippen LogP contribution is -2.59. The number of methoxy groups -OCH3 is 1. The zero-order valence-corrected chi connectivity index (χ0v) is 18.2. The highest BCUT2D eigenvalue weighted by Gasteiger charge is 2.51. The molecule has 1 aromatic rings. The Morgan fingerprint density at radius 2 is 1.72 bits per heavy atom. The molecule has 4 fully saturated rings. The SMILES string of the molecule is COc1ccccc1N(CCCC(=O)NC12CC3CC(CC(C3)C1)C2)S(C)(=O)=O. The summed E-state index contributed by atoms with van der Waals surface area (Å²) in [5.74, 6) is 2.92. The number of amides is 1. The molecule has 1 amide bonds. The van der Waals surface area contributed by atoms with Crippen molar-refractivity contribution in [3.63, 3.8) is 0 Å². The number of hydrogen-bond donors (Lipinski definition) is 1. The van der Waals surface area contributed by atoms with Gasteiger partial charge >= 0.3 is 0 Å². The number of anilines is 1. The minimum absolute atomic E-state index is 0.00496. The standard InChI is InChI=1S/C22H32N2O4S/c1-28-20-7-4-3-6-19(20)24(29(2,26)27)9-5-8-21(25)23-22-13-16-10-17(14-22)12-18(11-16)15-22/h3-4,6-7,16-18H,5,8-15H2,1-2H3,(H,23,25). The van der Waals surface area contributed by atoms with E-state index in [1.807, 2.05) is 6.07 Å². The first-order valence-electron chi connectivity index (χ1n) is 10.7. The van der Waals surface area contributed by atoms with Crippen LogP contribution in [0.4, 0.5) is 5.69 Å². The van der Waals surface area contributed by atoms with Crippen molar-refractivity contribution in [3.8, 4) is 5.75 Å². The number of carbonyl (C=O) groups excluding carboxylic acids is 1. The third-order valence-electron chi connectivity index (χ3n) is 6.96. The van der Waals surface area contributed by atoms with E-state index in [4.69, 9.17) is 4.74 Å². The molecule has 1 aromatic carbocycles. The lowest BCUT2D eigenvalue weighted by Gasteiger charge is -2.56. The van der Waals surface area contributed by atoms with E-state index in [1.165, 1.54) is 36.9 Å². The number of para-hydroxylation sites is 2. The summed E-state index contributed by atoms with van der Waals surface area (Å²) >= 11 is 0. The second-order valence-corrected chi connectivity index (χ2v) is 11.3. The second kappa shape index (κ2) is 7.82. The first-order valence-corrected chi connectivity index (χ1v) is 12.5. The number of hydrogen-bond acceptors (Lipinski definition) is 4. The van der Waals surface area contributed by atoms with Crippen LogP contribution in [0, 0.1) is 17.8 Å². The van der Waals surface area contributed by atoms with Crippen LogP contribution in [0.15, 0.2) is 24.3 Å². The molecule has 0 aliphatic heterocycles. The van der Waals surface area contributed by atoms with Crippen LogP contribution in [-0.4, -0.2) is 39.8 Å². The molecule has 4 saturated carbocycles. The Hall–Kier alpha value is -1.76. The maximum atomic E-state index is 12.7. The minimum Gasteiger partial charge on any atom is -0.495 e. The van der Waals surface area contributed by atoms with Gasteiger partial charge in [0.05, 0.1) is 19.1 Å². The topological polar surface area (TPSA) is 75.7 Å². The largest absolute Gasteiger partial charge is 0.495 e. The monoisotopic (exact) mass is 420 g/mol. The number of sulfonamides is 1. The lowest BCUT2D eigenvalue weighted by atomic mass is 9.53. The third-order valence-corrected chi connectivity index (χ3v) is 8.14. The van der Waals surface area contributed by atoms with E-state index >= 15 is 0 Å². The van der Waals surface area contributed by atoms with Crippen molar-refractivity contribution < 1.29 is 17.9 Å². The first-order chi connectivity index (χ1) is 13.8. The van der Waals surface area contributed by atoms with Gasteiger partial charge in [0.15, 0.2) is 0 Å². The molecule has 1 N–H and O–H groups in total. The molecule has 0 radical (unpaired) electrons. The van der Waals surface area contributed by atoms with E-state index in [0.717, 1.165) is 37.0 Å². The number of ether oxygens (including phenoxy) is 1. The van der Waals surface area contributed by atoms with Crippen molar-refractivity contribution in [3.05, 3.63) is 24.3 Å². The predicted molar refractivity (Wildman–Crippen MR) is 113 cm³/mol. The van der Waals surface area contributed by atoms with E-state index in [9.17, 15) is 13.2 Å². The van der Waals surface area contributed by atoms with Gasteiger partial charge in [-0.25, -0.2) is 8.42 Å². The van der Waals surface area contributed by atoms with Gasteiger partial charge in [0.1, 0.15) is 5.75 Å². The smallest absolute Gasteiger partial charge is 0.232 e. The quantitative estimate of drug-likeness (QED) is 0.700. The van der Waals surface area contributed by atoms with E-state index in [-0.39, 0.29) is 18.0 Å². The van der Waals surface area contributed by atoms with Gasteiger partial charge in [-0.3, -0.25) is 9.10 Å². The summed E-state index contributed by atoms with van der Waals surface area (Å²) in [7, 11) is -1.94. The van der Waals surface area contributed by atoms with Crippen LogP contribution in [0.2, 0.25) is 0 Å². The van der Waals surface area contributed by atoms with Crippen molar-refractivity contribution in [1.29, 1.82) is 0 Å². The Labute approximate surface area is 174 Å². The van der Waals surface area contributed by atoms with Gasteiger partial charge in [-0.2, -0.15) is 0 Å². The normalized spacial score (nSPS) is 30.2. The highest BCUT2D eigenvalue weighted by atomic mass is 32.2. The van der Waals surface area contributed by atoms with Gasteiger partial charge in [0.2, 0.25) is 15.9 Å². The van der Waals surface area contributed by atoms with Gasteiger partial charge in [-0.05, 0) is 74.8 Å². The number of carbonyl (C=O) groups is 1. The number of rotatable bonds is 8. The number of nitrogens with zero attached hydrogens (tertiary/aromatic N) is 1. The summed E-state index contributed by atoms with van der Waals surface area (Å²) in [6, 6.07) is 7.07. The summed E-state index contributed by atoms with van der Waals surface area (Å²) in [6.07, 6.45) is 9.41. The van der Waals surface area contributed by atoms with Crippen LogP contribution in [-0.2, 0) is 14.8 Å². The van der Waals surface area contributed by atoms with Crippen LogP contribution >= 0.6 is 0 Å².